The van der Waals surface area contributed by atoms with Gasteiger partial charge in [0.2, 0.25) is 11.8 Å². The summed E-state index contributed by atoms with van der Waals surface area (Å²) in [6.45, 7) is -1.13. The number of carbonyl (C=O) groups excluding carboxylic acids is 2. The fourth-order valence-corrected chi connectivity index (χ4v) is 2.69. The first kappa shape index (κ1) is 14.8. The lowest BCUT2D eigenvalue weighted by Gasteiger charge is -2.18. The molecule has 8 heteroatoms. The van der Waals surface area contributed by atoms with Gasteiger partial charge in [-0.05, 0) is 11.4 Å². The van der Waals surface area contributed by atoms with Crippen LogP contribution in [-0.4, -0.2) is 36.0 Å². The summed E-state index contributed by atoms with van der Waals surface area (Å²) >= 11 is 1.48. The van der Waals surface area contributed by atoms with E-state index in [4.69, 9.17) is 0 Å². The summed E-state index contributed by atoms with van der Waals surface area (Å²) in [6, 6.07) is 3.69. The quantitative estimate of drug-likeness (QED) is 0.922. The van der Waals surface area contributed by atoms with Gasteiger partial charge in [0, 0.05) is 17.8 Å². The lowest BCUT2D eigenvalue weighted by molar-refractivity contribution is -0.157. The van der Waals surface area contributed by atoms with Crippen LogP contribution in [0.5, 0.6) is 0 Å². The maximum absolute atomic E-state index is 12.2. The lowest BCUT2D eigenvalue weighted by Crippen LogP contribution is -2.37. The van der Waals surface area contributed by atoms with Gasteiger partial charge in [-0.1, -0.05) is 6.07 Å². The first-order valence-electron chi connectivity index (χ1n) is 6.00. The zero-order valence-electron chi connectivity index (χ0n) is 10.4. The van der Waals surface area contributed by atoms with Gasteiger partial charge in [0.15, 0.2) is 0 Å². The average Bonchev–Trinajstić information content (AvgIpc) is 2.95. The maximum Gasteiger partial charge on any atom is 0.406 e. The van der Waals surface area contributed by atoms with Crippen LogP contribution in [0.4, 0.5) is 13.2 Å². The van der Waals surface area contributed by atoms with E-state index in [1.165, 1.54) is 11.3 Å². The Bertz CT molecular complexity index is 487. The van der Waals surface area contributed by atoms with E-state index in [2.05, 4.69) is 5.32 Å². The standard InChI is InChI=1S/C12H13F3N2O2S/c13-12(14,15)7-17-6-8(4-10(17)18)11(19)16-5-9-2-1-3-20-9/h1-3,8H,4-7H2,(H,16,19). The van der Waals surface area contributed by atoms with Gasteiger partial charge in [-0.25, -0.2) is 0 Å². The van der Waals surface area contributed by atoms with Crippen molar-refractivity contribution >= 4 is 23.2 Å². The summed E-state index contributed by atoms with van der Waals surface area (Å²) in [4.78, 5) is 24.9. The molecule has 1 aromatic rings. The molecule has 0 saturated carbocycles. The summed E-state index contributed by atoms with van der Waals surface area (Å²) in [5.41, 5.74) is 0. The van der Waals surface area contributed by atoms with E-state index >= 15 is 0 Å². The van der Waals surface area contributed by atoms with E-state index in [1.807, 2.05) is 17.5 Å². The van der Waals surface area contributed by atoms with Gasteiger partial charge in [-0.2, -0.15) is 13.2 Å². The van der Waals surface area contributed by atoms with E-state index in [0.717, 1.165) is 4.88 Å². The van der Waals surface area contributed by atoms with Crippen LogP contribution in [0.25, 0.3) is 0 Å². The summed E-state index contributed by atoms with van der Waals surface area (Å²) in [6.07, 6.45) is -4.59. The third-order valence-corrected chi connectivity index (χ3v) is 3.85. The molecule has 1 unspecified atom stereocenters. The Hall–Kier alpha value is -1.57. The Balaban J connectivity index is 1.84. The van der Waals surface area contributed by atoms with Crippen molar-refractivity contribution in [3.63, 3.8) is 0 Å². The fraction of sp³-hybridized carbons (Fsp3) is 0.500. The maximum atomic E-state index is 12.2. The molecule has 110 valence electrons. The molecule has 1 aliphatic rings. The Morgan fingerprint density at radius 3 is 2.85 bits per heavy atom. The average molecular weight is 306 g/mol. The minimum absolute atomic E-state index is 0.160. The van der Waals surface area contributed by atoms with Crippen LogP contribution in [-0.2, 0) is 16.1 Å². The predicted octanol–water partition coefficient (Wildman–Crippen LogP) is 1.78. The van der Waals surface area contributed by atoms with Gasteiger partial charge < -0.3 is 10.2 Å². The van der Waals surface area contributed by atoms with Gasteiger partial charge in [0.05, 0.1) is 12.5 Å². The SMILES string of the molecule is O=C(NCc1cccs1)C1CC(=O)N(CC(F)(F)F)C1. The zero-order valence-corrected chi connectivity index (χ0v) is 11.3. The number of alkyl halides is 3. The number of hydrogen-bond donors (Lipinski definition) is 1. The first-order chi connectivity index (χ1) is 9.35. The van der Waals surface area contributed by atoms with Crippen LogP contribution >= 0.6 is 11.3 Å². The van der Waals surface area contributed by atoms with Crippen LogP contribution in [0.1, 0.15) is 11.3 Å². The largest absolute Gasteiger partial charge is 0.406 e. The number of nitrogens with one attached hydrogen (secondary N) is 1. The van der Waals surface area contributed by atoms with E-state index < -0.39 is 24.5 Å². The third kappa shape index (κ3) is 3.96. The summed E-state index contributed by atoms with van der Waals surface area (Å²) in [5, 5.41) is 4.51. The van der Waals surface area contributed by atoms with Crippen molar-refractivity contribution in [1.82, 2.24) is 10.2 Å². The van der Waals surface area contributed by atoms with Crippen molar-refractivity contribution in [2.45, 2.75) is 19.1 Å². The molecule has 2 amide bonds. The molecule has 0 bridgehead atoms. The number of carbonyl (C=O) groups is 2. The molecular formula is C12H13F3N2O2S. The molecule has 0 spiro atoms. The fourth-order valence-electron chi connectivity index (χ4n) is 2.05. The second kappa shape index (κ2) is 5.82. The Morgan fingerprint density at radius 2 is 2.25 bits per heavy atom. The second-order valence-electron chi connectivity index (χ2n) is 4.59. The van der Waals surface area contributed by atoms with Gasteiger partial charge in [0.25, 0.3) is 0 Å². The van der Waals surface area contributed by atoms with Gasteiger partial charge in [-0.15, -0.1) is 11.3 Å². The minimum atomic E-state index is -4.43. The lowest BCUT2D eigenvalue weighted by atomic mass is 10.1. The second-order valence-corrected chi connectivity index (χ2v) is 5.62. The molecule has 2 rings (SSSR count). The molecule has 20 heavy (non-hydrogen) atoms. The van der Waals surface area contributed by atoms with Crippen molar-refractivity contribution in [3.05, 3.63) is 22.4 Å². The molecule has 0 aromatic carbocycles. The Labute approximate surface area is 117 Å². The van der Waals surface area contributed by atoms with E-state index in [0.29, 0.717) is 11.4 Å². The molecule has 1 aliphatic heterocycles. The molecular weight excluding hydrogens is 293 g/mol. The van der Waals surface area contributed by atoms with Crippen LogP contribution in [0.15, 0.2) is 17.5 Å². The first-order valence-corrected chi connectivity index (χ1v) is 6.88. The van der Waals surface area contributed by atoms with Crippen molar-refractivity contribution in [1.29, 1.82) is 0 Å². The van der Waals surface area contributed by atoms with E-state index in [1.54, 1.807) is 0 Å². The van der Waals surface area contributed by atoms with Crippen LogP contribution in [0.2, 0.25) is 0 Å². The minimum Gasteiger partial charge on any atom is -0.351 e. The van der Waals surface area contributed by atoms with Gasteiger partial charge >= 0.3 is 6.18 Å². The normalized spacial score (nSPS) is 19.4. The predicted molar refractivity (Wildman–Crippen MR) is 66.9 cm³/mol. The number of rotatable bonds is 4. The van der Waals surface area contributed by atoms with Crippen LogP contribution in [0.3, 0.4) is 0 Å². The molecule has 4 nitrogen and oxygen atoms in total. The van der Waals surface area contributed by atoms with Crippen molar-refractivity contribution in [3.8, 4) is 0 Å². The van der Waals surface area contributed by atoms with E-state index in [-0.39, 0.29) is 18.9 Å². The number of likely N-dealkylation sites (tertiary alicyclic amines) is 1. The summed E-state index contributed by atoms with van der Waals surface area (Å²) < 4.78 is 36.7. The number of nitrogens with zero attached hydrogens (tertiary/aromatic N) is 1. The van der Waals surface area contributed by atoms with Gasteiger partial charge in [0.1, 0.15) is 6.54 Å². The summed E-state index contributed by atoms with van der Waals surface area (Å²) in [7, 11) is 0. The molecule has 1 N–H and O–H groups in total. The summed E-state index contributed by atoms with van der Waals surface area (Å²) in [5.74, 6) is -1.71. The van der Waals surface area contributed by atoms with E-state index in [9.17, 15) is 22.8 Å². The van der Waals surface area contributed by atoms with Crippen LogP contribution in [0, 0.1) is 5.92 Å². The highest BCUT2D eigenvalue weighted by Crippen LogP contribution is 2.24. The molecule has 2 heterocycles. The van der Waals surface area contributed by atoms with Crippen molar-refractivity contribution in [2.24, 2.45) is 5.92 Å². The molecule has 0 radical (unpaired) electrons. The molecule has 1 atom stereocenters. The Kier molecular flexibility index (Phi) is 4.32. The molecule has 1 saturated heterocycles. The zero-order chi connectivity index (χ0) is 14.8. The van der Waals surface area contributed by atoms with Crippen LogP contribution < -0.4 is 5.32 Å². The third-order valence-electron chi connectivity index (χ3n) is 2.97. The number of thiophene rings is 1. The number of hydrogen-bond acceptors (Lipinski definition) is 3. The molecule has 1 aromatic heterocycles. The Morgan fingerprint density at radius 1 is 1.50 bits per heavy atom. The van der Waals surface area contributed by atoms with Gasteiger partial charge in [-0.3, -0.25) is 9.59 Å². The smallest absolute Gasteiger partial charge is 0.351 e. The van der Waals surface area contributed by atoms with Crippen molar-refractivity contribution in [2.75, 3.05) is 13.1 Å². The van der Waals surface area contributed by atoms with Crippen molar-refractivity contribution < 1.29 is 22.8 Å². The monoisotopic (exact) mass is 306 g/mol. The number of amides is 2. The highest BCUT2D eigenvalue weighted by atomic mass is 32.1. The molecule has 0 aliphatic carbocycles. The molecule has 1 fully saturated rings. The topological polar surface area (TPSA) is 49.4 Å². The highest BCUT2D eigenvalue weighted by Gasteiger charge is 2.40. The highest BCUT2D eigenvalue weighted by molar-refractivity contribution is 7.09. The number of halogens is 3.